The first kappa shape index (κ1) is 36.6. The third-order valence-electron chi connectivity index (χ3n) is 12.3. The van der Waals surface area contributed by atoms with Crippen LogP contribution in [0.2, 0.25) is 0 Å². The first-order valence-corrected chi connectivity index (χ1v) is 19.6. The predicted octanol–water partition coefficient (Wildman–Crippen LogP) is 5.76. The van der Waals surface area contributed by atoms with E-state index < -0.39 is 6.04 Å². The number of likely N-dealkylation sites (N-methyl/N-ethyl adjacent to an activating group) is 1. The number of hydrogen-bond donors (Lipinski definition) is 2. The van der Waals surface area contributed by atoms with E-state index in [-0.39, 0.29) is 35.5 Å². The van der Waals surface area contributed by atoms with Crippen molar-refractivity contribution >= 4 is 51.2 Å². The van der Waals surface area contributed by atoms with Crippen molar-refractivity contribution in [2.24, 2.45) is 13.0 Å². The van der Waals surface area contributed by atoms with Gasteiger partial charge in [-0.1, -0.05) is 6.07 Å². The Balaban J connectivity index is 0.924. The summed E-state index contributed by atoms with van der Waals surface area (Å²) >= 11 is 0. The fourth-order valence-corrected chi connectivity index (χ4v) is 9.11. The number of benzene rings is 3. The molecule has 0 spiro atoms. The van der Waals surface area contributed by atoms with Crippen LogP contribution in [-0.4, -0.2) is 80.2 Å². The Morgan fingerprint density at radius 1 is 0.855 bits per heavy atom. The van der Waals surface area contributed by atoms with Gasteiger partial charge >= 0.3 is 0 Å². The van der Waals surface area contributed by atoms with E-state index in [0.717, 1.165) is 111 Å². The zero-order valence-corrected chi connectivity index (χ0v) is 31.9. The summed E-state index contributed by atoms with van der Waals surface area (Å²) in [6, 6.07) is 19.3. The number of piperidine rings is 3. The number of carbonyl (C=O) groups excluding carboxylic acids is 2. The summed E-state index contributed by atoms with van der Waals surface area (Å²) < 4.78 is 17.1. The molecule has 11 nitrogen and oxygen atoms in total. The second kappa shape index (κ2) is 15.0. The quantitative estimate of drug-likeness (QED) is 0.228. The van der Waals surface area contributed by atoms with Crippen LogP contribution in [0, 0.1) is 30.0 Å². The minimum Gasteiger partial charge on any atom is -0.374 e. The maximum absolute atomic E-state index is 15.3. The van der Waals surface area contributed by atoms with Gasteiger partial charge in [-0.3, -0.25) is 19.7 Å². The van der Waals surface area contributed by atoms with Gasteiger partial charge in [0.25, 0.3) is 5.56 Å². The fourth-order valence-electron chi connectivity index (χ4n) is 9.11. The Hall–Kier alpha value is -5.41. The maximum atomic E-state index is 15.3. The number of aryl methyl sites for hydroxylation is 2. The maximum Gasteiger partial charge on any atom is 0.253 e. The number of aromatic nitrogens is 1. The van der Waals surface area contributed by atoms with E-state index in [1.165, 1.54) is 6.07 Å². The van der Waals surface area contributed by atoms with Crippen LogP contribution >= 0.6 is 0 Å². The van der Waals surface area contributed by atoms with E-state index in [9.17, 15) is 19.6 Å². The molecule has 12 heteroatoms. The molecule has 4 aromatic rings. The molecule has 1 aromatic heterocycles. The number of nitrogens with one attached hydrogen (secondary N) is 2. The molecular formula is C43H49FN8O3. The molecule has 4 aliphatic heterocycles. The molecule has 0 saturated carbocycles. The second-order valence-electron chi connectivity index (χ2n) is 15.9. The Morgan fingerprint density at radius 2 is 1.64 bits per heavy atom. The monoisotopic (exact) mass is 744 g/mol. The average Bonchev–Trinajstić information content (AvgIpc) is 3.19. The lowest BCUT2D eigenvalue weighted by Gasteiger charge is -2.40. The standard InChI is InChI=1S/C43H49FN8O3/c1-27-20-34-38(49(3)43(27)55)23-32(24-39(34)52-19-18-48(2)37-8-4-29(25-45)21-40(37)52)51-16-10-28(11-17-51)26-50-14-12-30(13-15-50)33-6-5-31(22-35(33)44)46-36-7-9-41(53)47-42(36)54/h4-6,8,20-24,28,30,36,46H,7,9-19,26H2,1-3H3,(H,47,53,54). The number of fused-ring (bicyclic) bond motifs is 2. The van der Waals surface area contributed by atoms with Crippen LogP contribution in [0.4, 0.5) is 32.8 Å². The highest BCUT2D eigenvalue weighted by molar-refractivity contribution is 6.01. The SMILES string of the molecule is Cc1cc2c(N3CCN(C)c4ccc(C#N)cc43)cc(N3CCC(CN4CCC(c5ccc(NC6CCC(=O)NC6=O)cc5F)CC4)CC3)cc2n(C)c1=O. The van der Waals surface area contributed by atoms with Crippen molar-refractivity contribution in [3.63, 3.8) is 0 Å². The molecule has 4 aliphatic rings. The van der Waals surface area contributed by atoms with E-state index in [1.807, 2.05) is 50.4 Å². The third kappa shape index (κ3) is 7.25. The summed E-state index contributed by atoms with van der Waals surface area (Å²) in [5.41, 5.74) is 7.77. The lowest BCUT2D eigenvalue weighted by molar-refractivity contribution is -0.133. The fraction of sp³-hybridized carbons (Fsp3) is 0.442. The van der Waals surface area contributed by atoms with Crippen LogP contribution in [0.25, 0.3) is 10.9 Å². The Bertz CT molecular complexity index is 2250. The number of pyridine rings is 1. The number of rotatable bonds is 7. The second-order valence-corrected chi connectivity index (χ2v) is 15.9. The molecule has 3 saturated heterocycles. The van der Waals surface area contributed by atoms with Gasteiger partial charge in [0.05, 0.1) is 34.2 Å². The van der Waals surface area contributed by atoms with Gasteiger partial charge in [-0.05, 0) is 118 Å². The van der Waals surface area contributed by atoms with Crippen LogP contribution in [0.1, 0.15) is 61.1 Å². The number of carbonyl (C=O) groups is 2. The van der Waals surface area contributed by atoms with E-state index in [2.05, 4.69) is 55.5 Å². The number of halogens is 1. The van der Waals surface area contributed by atoms with Crippen molar-refractivity contribution in [1.82, 2.24) is 14.8 Å². The number of likely N-dealkylation sites (tertiary alicyclic amines) is 1. The van der Waals surface area contributed by atoms with Crippen LogP contribution in [0.5, 0.6) is 0 Å². The summed E-state index contributed by atoms with van der Waals surface area (Å²) in [6.45, 7) is 8.22. The molecule has 2 amide bonds. The molecule has 286 valence electrons. The van der Waals surface area contributed by atoms with Gasteiger partial charge in [-0.15, -0.1) is 0 Å². The van der Waals surface area contributed by atoms with E-state index >= 15 is 4.39 Å². The van der Waals surface area contributed by atoms with Gasteiger partial charge in [-0.2, -0.15) is 5.26 Å². The lowest BCUT2D eigenvalue weighted by Crippen LogP contribution is -2.47. The number of nitrogens with zero attached hydrogens (tertiary/aromatic N) is 6. The van der Waals surface area contributed by atoms with Crippen LogP contribution in [0.3, 0.4) is 0 Å². The highest BCUT2D eigenvalue weighted by atomic mass is 19.1. The van der Waals surface area contributed by atoms with Gasteiger partial charge in [0.15, 0.2) is 0 Å². The molecule has 1 unspecified atom stereocenters. The Labute approximate surface area is 321 Å². The predicted molar refractivity (Wildman–Crippen MR) is 215 cm³/mol. The summed E-state index contributed by atoms with van der Waals surface area (Å²) in [6.07, 6.45) is 4.61. The molecule has 1 atom stereocenters. The first-order chi connectivity index (χ1) is 26.6. The normalized spacial score (nSPS) is 20.1. The number of amides is 2. The van der Waals surface area contributed by atoms with Crippen LogP contribution in [-0.2, 0) is 16.6 Å². The Kier molecular flexibility index (Phi) is 9.99. The number of anilines is 5. The van der Waals surface area contributed by atoms with Gasteiger partial charge in [0.2, 0.25) is 11.8 Å². The largest absolute Gasteiger partial charge is 0.374 e. The zero-order chi connectivity index (χ0) is 38.4. The van der Waals surface area contributed by atoms with E-state index in [4.69, 9.17) is 0 Å². The van der Waals surface area contributed by atoms with Gasteiger partial charge < -0.3 is 29.5 Å². The Morgan fingerprint density at radius 3 is 2.36 bits per heavy atom. The smallest absolute Gasteiger partial charge is 0.253 e. The summed E-state index contributed by atoms with van der Waals surface area (Å²) in [5.74, 6) is -0.160. The average molecular weight is 745 g/mol. The van der Waals surface area contributed by atoms with Crippen LogP contribution in [0.15, 0.2) is 59.4 Å². The minimum absolute atomic E-state index is 0.00478. The molecule has 0 bridgehead atoms. The van der Waals surface area contributed by atoms with Crippen molar-refractivity contribution in [2.75, 3.05) is 72.9 Å². The van der Waals surface area contributed by atoms with Crippen molar-refractivity contribution in [2.45, 2.75) is 57.4 Å². The molecule has 3 fully saturated rings. The minimum atomic E-state index is -0.539. The summed E-state index contributed by atoms with van der Waals surface area (Å²) in [7, 11) is 3.94. The van der Waals surface area contributed by atoms with Gasteiger partial charge in [0.1, 0.15) is 11.9 Å². The molecule has 8 rings (SSSR count). The topological polar surface area (TPSA) is 117 Å². The van der Waals surface area contributed by atoms with Crippen LogP contribution < -0.4 is 30.9 Å². The number of imide groups is 1. The molecular weight excluding hydrogens is 696 g/mol. The number of hydrogen-bond acceptors (Lipinski definition) is 9. The van der Waals surface area contributed by atoms with Crippen molar-refractivity contribution < 1.29 is 14.0 Å². The van der Waals surface area contributed by atoms with E-state index in [0.29, 0.717) is 29.2 Å². The molecule has 5 heterocycles. The lowest BCUT2D eigenvalue weighted by atomic mass is 9.87. The van der Waals surface area contributed by atoms with E-state index in [1.54, 1.807) is 4.57 Å². The van der Waals surface area contributed by atoms with Gasteiger partial charge in [-0.25, -0.2) is 4.39 Å². The summed E-state index contributed by atoms with van der Waals surface area (Å²) in [5, 5.41) is 16.2. The third-order valence-corrected chi connectivity index (χ3v) is 12.3. The summed E-state index contributed by atoms with van der Waals surface area (Å²) in [4.78, 5) is 46.3. The molecule has 0 radical (unpaired) electrons. The molecule has 0 aliphatic carbocycles. The van der Waals surface area contributed by atoms with Gasteiger partial charge in [0, 0.05) is 75.6 Å². The number of nitriles is 1. The van der Waals surface area contributed by atoms with Crippen molar-refractivity contribution in [3.05, 3.63) is 87.5 Å². The zero-order valence-electron chi connectivity index (χ0n) is 31.9. The highest BCUT2D eigenvalue weighted by Crippen LogP contribution is 2.43. The molecule has 2 N–H and O–H groups in total. The van der Waals surface area contributed by atoms with Crippen molar-refractivity contribution in [3.8, 4) is 6.07 Å². The first-order valence-electron chi connectivity index (χ1n) is 19.6. The molecule has 55 heavy (non-hydrogen) atoms. The van der Waals surface area contributed by atoms with Crippen molar-refractivity contribution in [1.29, 1.82) is 5.26 Å². The molecule has 3 aromatic carbocycles. The highest BCUT2D eigenvalue weighted by Gasteiger charge is 2.30.